The highest BCUT2D eigenvalue weighted by atomic mass is 16.5. The van der Waals surface area contributed by atoms with E-state index in [9.17, 15) is 9.59 Å². The van der Waals surface area contributed by atoms with E-state index in [4.69, 9.17) is 10.5 Å². The van der Waals surface area contributed by atoms with Crippen molar-refractivity contribution in [3.63, 3.8) is 0 Å². The van der Waals surface area contributed by atoms with E-state index in [0.717, 1.165) is 12.8 Å². The smallest absolute Gasteiger partial charge is 0.360 e. The zero-order valence-electron chi connectivity index (χ0n) is 11.1. The van der Waals surface area contributed by atoms with Crippen molar-refractivity contribution >= 4 is 17.7 Å². The van der Waals surface area contributed by atoms with Crippen LogP contribution < -0.4 is 11.1 Å². The van der Waals surface area contributed by atoms with Gasteiger partial charge in [0, 0.05) is 6.04 Å². The number of amides is 1. The molecule has 0 saturated heterocycles. The Morgan fingerprint density at radius 2 is 2.21 bits per heavy atom. The number of hydrogen-bond donors (Lipinski definition) is 2. The molecule has 1 heterocycles. The van der Waals surface area contributed by atoms with Crippen LogP contribution in [0, 0.1) is 6.92 Å². The van der Waals surface area contributed by atoms with Crippen LogP contribution in [0.25, 0.3) is 0 Å². The van der Waals surface area contributed by atoms with Gasteiger partial charge in [-0.2, -0.15) is 0 Å². The molecule has 1 aromatic rings. The Kier molecular flexibility index (Phi) is 3.73. The Morgan fingerprint density at radius 1 is 1.53 bits per heavy atom. The van der Waals surface area contributed by atoms with Gasteiger partial charge in [-0.15, -0.1) is 0 Å². The summed E-state index contributed by atoms with van der Waals surface area (Å²) in [4.78, 5) is 27.4. The van der Waals surface area contributed by atoms with Gasteiger partial charge >= 0.3 is 5.97 Å². The van der Waals surface area contributed by atoms with Crippen LogP contribution in [-0.2, 0) is 16.1 Å². The number of aromatic nitrogens is 2. The molecule has 1 aromatic heterocycles. The molecular formula is C12H18N4O3. The average Bonchev–Trinajstić information content (AvgIpc) is 3.11. The van der Waals surface area contributed by atoms with Crippen molar-refractivity contribution < 1.29 is 14.3 Å². The van der Waals surface area contributed by atoms with Crippen LogP contribution in [0.1, 0.15) is 36.1 Å². The summed E-state index contributed by atoms with van der Waals surface area (Å²) >= 11 is 0. The number of nitrogens with two attached hydrogens (primary N) is 1. The van der Waals surface area contributed by atoms with E-state index in [1.54, 1.807) is 13.8 Å². The lowest BCUT2D eigenvalue weighted by atomic mass is 10.4. The number of esters is 1. The summed E-state index contributed by atoms with van der Waals surface area (Å²) in [7, 11) is 0. The number of imidazole rings is 1. The van der Waals surface area contributed by atoms with Crippen LogP contribution in [-0.4, -0.2) is 34.1 Å². The Balaban J connectivity index is 2.11. The van der Waals surface area contributed by atoms with Crippen LogP contribution in [0.2, 0.25) is 0 Å². The molecule has 7 nitrogen and oxygen atoms in total. The summed E-state index contributed by atoms with van der Waals surface area (Å²) < 4.78 is 6.38. The van der Waals surface area contributed by atoms with E-state index in [0.29, 0.717) is 11.9 Å². The molecule has 1 amide bonds. The Labute approximate surface area is 111 Å². The van der Waals surface area contributed by atoms with E-state index >= 15 is 0 Å². The van der Waals surface area contributed by atoms with Crippen molar-refractivity contribution in [2.45, 2.75) is 39.3 Å². The maximum Gasteiger partial charge on any atom is 0.360 e. The second-order valence-corrected chi connectivity index (χ2v) is 4.54. The van der Waals surface area contributed by atoms with E-state index in [2.05, 4.69) is 10.3 Å². The van der Waals surface area contributed by atoms with Crippen molar-refractivity contribution in [3.05, 3.63) is 11.5 Å². The largest absolute Gasteiger partial charge is 0.461 e. The van der Waals surface area contributed by atoms with E-state index in [1.165, 1.54) is 4.57 Å². The second kappa shape index (κ2) is 5.29. The second-order valence-electron chi connectivity index (χ2n) is 4.54. The molecule has 1 saturated carbocycles. The number of ether oxygens (including phenoxy) is 1. The van der Waals surface area contributed by atoms with Crippen LogP contribution in [0.3, 0.4) is 0 Å². The number of nitrogens with one attached hydrogen (secondary N) is 1. The molecule has 0 unspecified atom stereocenters. The zero-order chi connectivity index (χ0) is 14.0. The number of aryl methyl sites for hydroxylation is 1. The minimum atomic E-state index is -0.565. The third kappa shape index (κ3) is 3.04. The first-order chi connectivity index (χ1) is 9.02. The van der Waals surface area contributed by atoms with Crippen molar-refractivity contribution in [2.24, 2.45) is 0 Å². The van der Waals surface area contributed by atoms with Gasteiger partial charge in [0.15, 0.2) is 5.69 Å². The fraction of sp³-hybridized carbons (Fsp3) is 0.583. The fourth-order valence-corrected chi connectivity index (χ4v) is 1.78. The van der Waals surface area contributed by atoms with Gasteiger partial charge in [-0.1, -0.05) is 0 Å². The zero-order valence-corrected chi connectivity index (χ0v) is 11.1. The standard InChI is InChI=1S/C12H18N4O3/c1-3-19-12(18)10-11(13)16(7(2)14-10)6-9(17)15-8-4-5-8/h8H,3-6,13H2,1-2H3,(H,15,17). The lowest BCUT2D eigenvalue weighted by molar-refractivity contribution is -0.121. The van der Waals surface area contributed by atoms with Gasteiger partial charge < -0.3 is 20.4 Å². The van der Waals surface area contributed by atoms with Crippen LogP contribution in [0.5, 0.6) is 0 Å². The number of rotatable bonds is 5. The van der Waals surface area contributed by atoms with Gasteiger partial charge in [0.2, 0.25) is 5.91 Å². The first-order valence-corrected chi connectivity index (χ1v) is 6.32. The molecule has 2 rings (SSSR count). The third-order valence-corrected chi connectivity index (χ3v) is 2.91. The van der Waals surface area contributed by atoms with Gasteiger partial charge in [0.05, 0.1) is 6.61 Å². The molecule has 0 atom stereocenters. The topological polar surface area (TPSA) is 99.2 Å². The number of carbonyl (C=O) groups is 2. The van der Waals surface area contributed by atoms with Crippen molar-refractivity contribution in [1.29, 1.82) is 0 Å². The molecule has 104 valence electrons. The van der Waals surface area contributed by atoms with Crippen LogP contribution in [0.4, 0.5) is 5.82 Å². The normalized spacial score (nSPS) is 14.2. The molecule has 0 spiro atoms. The summed E-state index contributed by atoms with van der Waals surface area (Å²) in [5.74, 6) is 0.00274. The summed E-state index contributed by atoms with van der Waals surface area (Å²) in [6, 6.07) is 0.294. The minimum absolute atomic E-state index is 0.0681. The predicted molar refractivity (Wildman–Crippen MR) is 68.5 cm³/mol. The lowest BCUT2D eigenvalue weighted by Crippen LogP contribution is -2.30. The highest BCUT2D eigenvalue weighted by Crippen LogP contribution is 2.19. The van der Waals surface area contributed by atoms with Gasteiger partial charge in [0.25, 0.3) is 0 Å². The highest BCUT2D eigenvalue weighted by molar-refractivity contribution is 5.92. The number of carbonyl (C=O) groups excluding carboxylic acids is 2. The molecular weight excluding hydrogens is 248 g/mol. The quantitative estimate of drug-likeness (QED) is 0.743. The molecule has 7 heteroatoms. The summed E-state index contributed by atoms with van der Waals surface area (Å²) in [6.07, 6.45) is 2.05. The van der Waals surface area contributed by atoms with E-state index in [1.807, 2.05) is 0 Å². The molecule has 1 aliphatic carbocycles. The van der Waals surface area contributed by atoms with E-state index < -0.39 is 5.97 Å². The molecule has 0 radical (unpaired) electrons. The highest BCUT2D eigenvalue weighted by Gasteiger charge is 2.25. The maximum atomic E-state index is 11.7. The molecule has 0 aliphatic heterocycles. The van der Waals surface area contributed by atoms with E-state index in [-0.39, 0.29) is 30.6 Å². The number of anilines is 1. The lowest BCUT2D eigenvalue weighted by Gasteiger charge is -2.08. The first-order valence-electron chi connectivity index (χ1n) is 6.32. The van der Waals surface area contributed by atoms with Crippen molar-refractivity contribution in [3.8, 4) is 0 Å². The number of nitrogen functional groups attached to an aromatic ring is 1. The van der Waals surface area contributed by atoms with Crippen molar-refractivity contribution in [1.82, 2.24) is 14.9 Å². The molecule has 19 heavy (non-hydrogen) atoms. The van der Waals surface area contributed by atoms with Crippen molar-refractivity contribution in [2.75, 3.05) is 12.3 Å². The monoisotopic (exact) mass is 266 g/mol. The molecule has 3 N–H and O–H groups in total. The Hall–Kier alpha value is -2.05. The number of nitrogens with zero attached hydrogens (tertiary/aromatic N) is 2. The van der Waals surface area contributed by atoms with Gasteiger partial charge in [-0.3, -0.25) is 4.79 Å². The maximum absolute atomic E-state index is 11.7. The molecule has 0 aromatic carbocycles. The number of hydrogen-bond acceptors (Lipinski definition) is 5. The van der Waals surface area contributed by atoms with Crippen LogP contribution in [0.15, 0.2) is 0 Å². The molecule has 1 fully saturated rings. The third-order valence-electron chi connectivity index (χ3n) is 2.91. The van der Waals surface area contributed by atoms with Gasteiger partial charge in [-0.05, 0) is 26.7 Å². The first kappa shape index (κ1) is 13.4. The Bertz CT molecular complexity index is 505. The summed E-state index contributed by atoms with van der Waals surface area (Å²) in [6.45, 7) is 3.73. The van der Waals surface area contributed by atoms with Gasteiger partial charge in [0.1, 0.15) is 18.2 Å². The predicted octanol–water partition coefficient (Wildman–Crippen LogP) is 0.229. The molecule has 1 aliphatic rings. The summed E-state index contributed by atoms with van der Waals surface area (Å²) in [5, 5.41) is 2.86. The Morgan fingerprint density at radius 3 is 2.79 bits per heavy atom. The van der Waals surface area contributed by atoms with Crippen LogP contribution >= 0.6 is 0 Å². The fourth-order valence-electron chi connectivity index (χ4n) is 1.78. The van der Waals surface area contributed by atoms with Gasteiger partial charge in [-0.25, -0.2) is 9.78 Å². The average molecular weight is 266 g/mol. The minimum Gasteiger partial charge on any atom is -0.461 e. The SMILES string of the molecule is CCOC(=O)c1nc(C)n(CC(=O)NC2CC2)c1N. The molecule has 0 bridgehead atoms. The summed E-state index contributed by atoms with van der Waals surface area (Å²) in [5.41, 5.74) is 5.92.